The molecule has 2 heterocycles. The average Bonchev–Trinajstić information content (AvgIpc) is 2.74. The van der Waals surface area contributed by atoms with E-state index in [9.17, 15) is 4.79 Å². The number of hydrogen-bond donors (Lipinski definition) is 1. The van der Waals surface area contributed by atoms with Gasteiger partial charge in [-0.05, 0) is 19.0 Å². The van der Waals surface area contributed by atoms with Gasteiger partial charge in [-0.3, -0.25) is 9.48 Å². The van der Waals surface area contributed by atoms with Gasteiger partial charge in [-0.1, -0.05) is 6.92 Å². The Morgan fingerprint density at radius 1 is 1.71 bits per heavy atom. The van der Waals surface area contributed by atoms with Crippen molar-refractivity contribution in [2.24, 2.45) is 12.5 Å². The van der Waals surface area contributed by atoms with E-state index >= 15 is 0 Å². The molecular weight excluding hydrogens is 178 g/mol. The smallest absolute Gasteiger partial charge is 0.190 e. The van der Waals surface area contributed by atoms with Gasteiger partial charge in [0.25, 0.3) is 0 Å². The minimum atomic E-state index is -0.256. The van der Waals surface area contributed by atoms with Gasteiger partial charge in [-0.15, -0.1) is 0 Å². The fourth-order valence-electron chi connectivity index (χ4n) is 1.86. The summed E-state index contributed by atoms with van der Waals surface area (Å²) in [5, 5.41) is 7.35. The highest BCUT2D eigenvalue weighted by molar-refractivity contribution is 5.99. The van der Waals surface area contributed by atoms with Crippen molar-refractivity contribution < 1.29 is 4.79 Å². The van der Waals surface area contributed by atoms with Crippen LogP contribution in [-0.2, 0) is 7.05 Å². The molecule has 1 aliphatic rings. The van der Waals surface area contributed by atoms with Crippen LogP contribution in [0.4, 0.5) is 0 Å². The van der Waals surface area contributed by atoms with Crippen molar-refractivity contribution in [3.05, 3.63) is 18.0 Å². The number of hydrogen-bond acceptors (Lipinski definition) is 3. The van der Waals surface area contributed by atoms with Gasteiger partial charge in [0.05, 0.1) is 0 Å². The molecule has 4 nitrogen and oxygen atoms in total. The first-order valence-electron chi connectivity index (χ1n) is 4.87. The lowest BCUT2D eigenvalue weighted by Gasteiger charge is -2.18. The normalized spacial score (nSPS) is 26.7. The molecule has 1 aromatic rings. The van der Waals surface area contributed by atoms with Crippen LogP contribution in [0, 0.1) is 5.41 Å². The summed E-state index contributed by atoms with van der Waals surface area (Å²) >= 11 is 0. The van der Waals surface area contributed by atoms with Gasteiger partial charge in [-0.2, -0.15) is 5.10 Å². The van der Waals surface area contributed by atoms with E-state index in [1.807, 2.05) is 14.0 Å². The Bertz CT molecular complexity index is 350. The lowest BCUT2D eigenvalue weighted by Crippen LogP contribution is -2.30. The number of aromatic nitrogens is 2. The van der Waals surface area contributed by atoms with E-state index in [1.54, 1.807) is 16.9 Å². The quantitative estimate of drug-likeness (QED) is 0.700. The molecule has 0 amide bonds. The Kier molecular flexibility index (Phi) is 2.15. The summed E-state index contributed by atoms with van der Waals surface area (Å²) in [7, 11) is 1.83. The SMILES string of the molecule is Cn1ccc(C(=O)C2(C)CCNC2)n1. The van der Waals surface area contributed by atoms with Crippen molar-refractivity contribution in [2.45, 2.75) is 13.3 Å². The van der Waals surface area contributed by atoms with Crippen molar-refractivity contribution in [1.29, 1.82) is 0 Å². The second-order valence-corrected chi connectivity index (χ2v) is 4.19. The first-order chi connectivity index (χ1) is 6.62. The third kappa shape index (κ3) is 1.46. The van der Waals surface area contributed by atoms with Crippen LogP contribution < -0.4 is 5.32 Å². The number of ketones is 1. The molecule has 1 aliphatic heterocycles. The van der Waals surface area contributed by atoms with Crippen LogP contribution in [0.1, 0.15) is 23.8 Å². The summed E-state index contributed by atoms with van der Waals surface area (Å²) in [6.07, 6.45) is 2.71. The molecule has 4 heteroatoms. The molecule has 0 aliphatic carbocycles. The van der Waals surface area contributed by atoms with E-state index in [-0.39, 0.29) is 11.2 Å². The molecule has 1 N–H and O–H groups in total. The summed E-state index contributed by atoms with van der Waals surface area (Å²) in [6.45, 7) is 3.70. The number of nitrogens with zero attached hydrogens (tertiary/aromatic N) is 2. The molecule has 1 unspecified atom stereocenters. The van der Waals surface area contributed by atoms with Crippen molar-refractivity contribution in [3.8, 4) is 0 Å². The van der Waals surface area contributed by atoms with E-state index < -0.39 is 0 Å². The Balaban J connectivity index is 2.23. The predicted molar refractivity (Wildman–Crippen MR) is 53.1 cm³/mol. The van der Waals surface area contributed by atoms with Crippen molar-refractivity contribution in [1.82, 2.24) is 15.1 Å². The molecule has 2 rings (SSSR count). The molecule has 0 aromatic carbocycles. The highest BCUT2D eigenvalue weighted by Gasteiger charge is 2.37. The molecule has 1 fully saturated rings. The fourth-order valence-corrected chi connectivity index (χ4v) is 1.86. The number of nitrogens with one attached hydrogen (secondary N) is 1. The van der Waals surface area contributed by atoms with Gasteiger partial charge >= 0.3 is 0 Å². The first-order valence-corrected chi connectivity index (χ1v) is 4.87. The lowest BCUT2D eigenvalue weighted by molar-refractivity contribution is 0.0833. The first kappa shape index (κ1) is 9.40. The van der Waals surface area contributed by atoms with Crippen LogP contribution in [-0.4, -0.2) is 28.7 Å². The second-order valence-electron chi connectivity index (χ2n) is 4.19. The second kappa shape index (κ2) is 3.20. The average molecular weight is 193 g/mol. The van der Waals surface area contributed by atoms with E-state index in [0.29, 0.717) is 5.69 Å². The maximum Gasteiger partial charge on any atom is 0.190 e. The molecule has 1 saturated heterocycles. The van der Waals surface area contributed by atoms with E-state index in [0.717, 1.165) is 19.5 Å². The molecule has 1 aromatic heterocycles. The molecule has 0 bridgehead atoms. The van der Waals surface area contributed by atoms with Gasteiger partial charge in [0.1, 0.15) is 5.69 Å². The Hall–Kier alpha value is -1.16. The summed E-state index contributed by atoms with van der Waals surface area (Å²) in [4.78, 5) is 12.1. The molecule has 76 valence electrons. The summed E-state index contributed by atoms with van der Waals surface area (Å²) in [5.41, 5.74) is 0.327. The van der Waals surface area contributed by atoms with Crippen molar-refractivity contribution in [2.75, 3.05) is 13.1 Å². The van der Waals surface area contributed by atoms with Crippen LogP contribution >= 0.6 is 0 Å². The Morgan fingerprint density at radius 2 is 2.50 bits per heavy atom. The van der Waals surface area contributed by atoms with Gasteiger partial charge in [-0.25, -0.2) is 0 Å². The van der Waals surface area contributed by atoms with Gasteiger partial charge < -0.3 is 5.32 Å². The monoisotopic (exact) mass is 193 g/mol. The number of carbonyl (C=O) groups is 1. The lowest BCUT2D eigenvalue weighted by atomic mass is 9.83. The highest BCUT2D eigenvalue weighted by atomic mass is 16.1. The molecule has 0 saturated carbocycles. The van der Waals surface area contributed by atoms with E-state index in [4.69, 9.17) is 0 Å². The summed E-state index contributed by atoms with van der Waals surface area (Å²) in [5.74, 6) is 0.156. The topological polar surface area (TPSA) is 46.9 Å². The Labute approximate surface area is 83.3 Å². The van der Waals surface area contributed by atoms with Crippen molar-refractivity contribution in [3.63, 3.8) is 0 Å². The third-order valence-corrected chi connectivity index (χ3v) is 2.86. The van der Waals surface area contributed by atoms with Crippen LogP contribution in [0.15, 0.2) is 12.3 Å². The molecule has 0 radical (unpaired) electrons. The van der Waals surface area contributed by atoms with E-state index in [2.05, 4.69) is 10.4 Å². The van der Waals surface area contributed by atoms with Crippen LogP contribution in [0.3, 0.4) is 0 Å². The summed E-state index contributed by atoms with van der Waals surface area (Å²) in [6, 6.07) is 1.78. The minimum absolute atomic E-state index is 0.156. The fraction of sp³-hybridized carbons (Fsp3) is 0.600. The minimum Gasteiger partial charge on any atom is -0.316 e. The number of rotatable bonds is 2. The Morgan fingerprint density at radius 3 is 3.00 bits per heavy atom. The van der Waals surface area contributed by atoms with Crippen LogP contribution in [0.5, 0.6) is 0 Å². The number of carbonyl (C=O) groups excluding carboxylic acids is 1. The molecular formula is C10H15N3O. The number of Topliss-reactive ketones (excluding diaryl/α,β-unsaturated/α-hetero) is 1. The van der Waals surface area contributed by atoms with Crippen LogP contribution in [0.2, 0.25) is 0 Å². The maximum absolute atomic E-state index is 12.1. The molecule has 14 heavy (non-hydrogen) atoms. The third-order valence-electron chi connectivity index (χ3n) is 2.86. The van der Waals surface area contributed by atoms with Crippen molar-refractivity contribution >= 4 is 5.78 Å². The zero-order valence-electron chi connectivity index (χ0n) is 8.58. The van der Waals surface area contributed by atoms with Crippen LogP contribution in [0.25, 0.3) is 0 Å². The standard InChI is InChI=1S/C10H15N3O/c1-10(4-5-11-7-10)9(14)8-3-6-13(2)12-8/h3,6,11H,4-5,7H2,1-2H3. The number of aryl methyl sites for hydroxylation is 1. The summed E-state index contributed by atoms with van der Waals surface area (Å²) < 4.78 is 1.67. The molecule has 1 atom stereocenters. The predicted octanol–water partition coefficient (Wildman–Crippen LogP) is 0.602. The van der Waals surface area contributed by atoms with Gasteiger partial charge in [0, 0.05) is 25.2 Å². The van der Waals surface area contributed by atoms with Gasteiger partial charge in [0.15, 0.2) is 5.78 Å². The maximum atomic E-state index is 12.1. The zero-order chi connectivity index (χ0) is 10.2. The van der Waals surface area contributed by atoms with E-state index in [1.165, 1.54) is 0 Å². The highest BCUT2D eigenvalue weighted by Crippen LogP contribution is 2.28. The van der Waals surface area contributed by atoms with Gasteiger partial charge in [0.2, 0.25) is 0 Å². The largest absolute Gasteiger partial charge is 0.316 e. The molecule has 0 spiro atoms. The zero-order valence-corrected chi connectivity index (χ0v) is 8.58.